The maximum Gasteiger partial charge on any atom is 0.270 e. The predicted molar refractivity (Wildman–Crippen MR) is 91.3 cm³/mol. The van der Waals surface area contributed by atoms with E-state index in [0.717, 1.165) is 29.4 Å². The van der Waals surface area contributed by atoms with E-state index in [2.05, 4.69) is 43.5 Å². The summed E-state index contributed by atoms with van der Waals surface area (Å²) in [6.07, 6.45) is 4.61. The molecule has 0 fully saturated rings. The van der Waals surface area contributed by atoms with E-state index in [1.54, 1.807) is 6.07 Å². The molecule has 1 aromatic heterocycles. The number of rotatable bonds is 7. The first-order valence-corrected chi connectivity index (χ1v) is 8.11. The maximum atomic E-state index is 12.0. The molecule has 1 aromatic carbocycles. The van der Waals surface area contributed by atoms with E-state index in [0.29, 0.717) is 18.1 Å². The van der Waals surface area contributed by atoms with Crippen LogP contribution in [0.4, 0.5) is 11.5 Å². The second kappa shape index (κ2) is 8.48. The van der Waals surface area contributed by atoms with Gasteiger partial charge in [0.15, 0.2) is 0 Å². The predicted octanol–water partition coefficient (Wildman–Crippen LogP) is 3.90. The van der Waals surface area contributed by atoms with Crippen molar-refractivity contribution in [3.05, 3.63) is 46.8 Å². The van der Waals surface area contributed by atoms with E-state index in [1.165, 1.54) is 6.33 Å². The molecule has 0 unspecified atom stereocenters. The van der Waals surface area contributed by atoms with Crippen LogP contribution in [0.2, 0.25) is 0 Å². The highest BCUT2D eigenvalue weighted by molar-refractivity contribution is 9.10. The number of unbranched alkanes of at least 4 members (excludes halogenated alkanes) is 2. The molecular formula is C16H19BrN4O. The number of anilines is 2. The Bertz CT molecular complexity index is 633. The normalized spacial score (nSPS) is 10.3. The molecule has 2 N–H and O–H groups in total. The van der Waals surface area contributed by atoms with Crippen LogP contribution in [0.3, 0.4) is 0 Å². The lowest BCUT2D eigenvalue weighted by Crippen LogP contribution is -2.25. The van der Waals surface area contributed by atoms with Crippen LogP contribution >= 0.6 is 15.9 Å². The standard InChI is InChI=1S/C16H19BrN4O/c1-2-3-4-8-18-16(22)14-10-15(20-11-19-14)21-13-7-5-6-12(17)9-13/h5-7,9-11H,2-4,8H2,1H3,(H,18,22)(H,19,20,21). The molecule has 0 bridgehead atoms. The molecule has 0 spiro atoms. The van der Waals surface area contributed by atoms with Gasteiger partial charge in [-0.15, -0.1) is 0 Å². The van der Waals surface area contributed by atoms with Crippen LogP contribution in [0.15, 0.2) is 41.1 Å². The number of amides is 1. The first-order chi connectivity index (χ1) is 10.7. The molecule has 22 heavy (non-hydrogen) atoms. The molecular weight excluding hydrogens is 344 g/mol. The average molecular weight is 363 g/mol. The Morgan fingerprint density at radius 2 is 2.09 bits per heavy atom. The van der Waals surface area contributed by atoms with Crippen LogP contribution in [0.25, 0.3) is 0 Å². The summed E-state index contributed by atoms with van der Waals surface area (Å²) in [5.41, 5.74) is 1.26. The molecule has 2 aromatic rings. The zero-order chi connectivity index (χ0) is 15.8. The summed E-state index contributed by atoms with van der Waals surface area (Å²) in [6, 6.07) is 9.38. The number of hydrogen-bond acceptors (Lipinski definition) is 4. The van der Waals surface area contributed by atoms with Gasteiger partial charge in [0.1, 0.15) is 17.8 Å². The van der Waals surface area contributed by atoms with E-state index in [-0.39, 0.29) is 5.91 Å². The van der Waals surface area contributed by atoms with E-state index >= 15 is 0 Å². The van der Waals surface area contributed by atoms with Crippen molar-refractivity contribution in [1.82, 2.24) is 15.3 Å². The van der Waals surface area contributed by atoms with E-state index in [1.807, 2.05) is 24.3 Å². The minimum atomic E-state index is -0.171. The van der Waals surface area contributed by atoms with Gasteiger partial charge in [-0.2, -0.15) is 0 Å². The Morgan fingerprint density at radius 1 is 1.23 bits per heavy atom. The molecule has 1 heterocycles. The highest BCUT2D eigenvalue weighted by Gasteiger charge is 2.08. The molecule has 0 aliphatic heterocycles. The first-order valence-electron chi connectivity index (χ1n) is 7.32. The Kier molecular flexibility index (Phi) is 6.33. The highest BCUT2D eigenvalue weighted by atomic mass is 79.9. The second-order valence-electron chi connectivity index (χ2n) is 4.89. The number of halogens is 1. The van der Waals surface area contributed by atoms with Crippen LogP contribution < -0.4 is 10.6 Å². The van der Waals surface area contributed by atoms with Crippen molar-refractivity contribution in [2.24, 2.45) is 0 Å². The molecule has 6 heteroatoms. The molecule has 1 amide bonds. The Labute approximate surface area is 138 Å². The SMILES string of the molecule is CCCCCNC(=O)c1cc(Nc2cccc(Br)c2)ncn1. The van der Waals surface area contributed by atoms with Gasteiger partial charge in [-0.05, 0) is 24.6 Å². The van der Waals surface area contributed by atoms with Crippen molar-refractivity contribution in [2.45, 2.75) is 26.2 Å². The molecule has 116 valence electrons. The lowest BCUT2D eigenvalue weighted by atomic mass is 10.2. The summed E-state index contributed by atoms with van der Waals surface area (Å²) < 4.78 is 0.973. The highest BCUT2D eigenvalue weighted by Crippen LogP contribution is 2.19. The quantitative estimate of drug-likeness (QED) is 0.732. The summed E-state index contributed by atoms with van der Waals surface area (Å²) in [4.78, 5) is 20.2. The number of benzene rings is 1. The number of hydrogen-bond donors (Lipinski definition) is 2. The van der Waals surface area contributed by atoms with Gasteiger partial charge in [0.2, 0.25) is 0 Å². The van der Waals surface area contributed by atoms with Crippen LogP contribution in [-0.4, -0.2) is 22.4 Å². The van der Waals surface area contributed by atoms with Crippen LogP contribution in [-0.2, 0) is 0 Å². The van der Waals surface area contributed by atoms with E-state index in [9.17, 15) is 4.79 Å². The van der Waals surface area contributed by atoms with Crippen LogP contribution in [0, 0.1) is 0 Å². The monoisotopic (exact) mass is 362 g/mol. The first kappa shape index (κ1) is 16.4. The summed E-state index contributed by atoms with van der Waals surface area (Å²) in [5, 5.41) is 6.02. The number of carbonyl (C=O) groups excluding carboxylic acids is 1. The lowest BCUT2D eigenvalue weighted by molar-refractivity contribution is 0.0948. The van der Waals surface area contributed by atoms with Gasteiger partial charge in [-0.3, -0.25) is 4.79 Å². The van der Waals surface area contributed by atoms with Crippen molar-refractivity contribution in [3.63, 3.8) is 0 Å². The van der Waals surface area contributed by atoms with E-state index < -0.39 is 0 Å². The summed E-state index contributed by atoms with van der Waals surface area (Å²) >= 11 is 3.42. The van der Waals surface area contributed by atoms with Gasteiger partial charge in [-0.25, -0.2) is 9.97 Å². The second-order valence-corrected chi connectivity index (χ2v) is 5.80. The lowest BCUT2D eigenvalue weighted by Gasteiger charge is -2.08. The van der Waals surface area contributed by atoms with Crippen molar-refractivity contribution in [2.75, 3.05) is 11.9 Å². The number of carbonyl (C=O) groups is 1. The third kappa shape index (κ3) is 5.11. The van der Waals surface area contributed by atoms with Crippen LogP contribution in [0.1, 0.15) is 36.7 Å². The molecule has 0 aliphatic rings. The fourth-order valence-corrected chi connectivity index (χ4v) is 2.33. The molecule has 0 atom stereocenters. The van der Waals surface area contributed by atoms with Crippen molar-refractivity contribution >= 4 is 33.3 Å². The third-order valence-electron chi connectivity index (χ3n) is 3.06. The number of aromatic nitrogens is 2. The van der Waals surface area contributed by atoms with Gasteiger partial charge < -0.3 is 10.6 Å². The largest absolute Gasteiger partial charge is 0.351 e. The Hall–Kier alpha value is -1.95. The molecule has 0 radical (unpaired) electrons. The average Bonchev–Trinajstić information content (AvgIpc) is 2.52. The van der Waals surface area contributed by atoms with Crippen molar-refractivity contribution in [3.8, 4) is 0 Å². The molecule has 0 saturated carbocycles. The van der Waals surface area contributed by atoms with Gasteiger partial charge in [0.25, 0.3) is 5.91 Å². The zero-order valence-corrected chi connectivity index (χ0v) is 14.1. The minimum Gasteiger partial charge on any atom is -0.351 e. The fourth-order valence-electron chi connectivity index (χ4n) is 1.93. The Balaban J connectivity index is 1.98. The van der Waals surface area contributed by atoms with Gasteiger partial charge in [-0.1, -0.05) is 41.8 Å². The molecule has 0 saturated heterocycles. The summed E-state index contributed by atoms with van der Waals surface area (Å²) in [6.45, 7) is 2.80. The minimum absolute atomic E-state index is 0.171. The van der Waals surface area contributed by atoms with Gasteiger partial charge >= 0.3 is 0 Å². The van der Waals surface area contributed by atoms with Crippen molar-refractivity contribution in [1.29, 1.82) is 0 Å². The topological polar surface area (TPSA) is 66.9 Å². The number of nitrogens with one attached hydrogen (secondary N) is 2. The third-order valence-corrected chi connectivity index (χ3v) is 3.56. The maximum absolute atomic E-state index is 12.0. The van der Waals surface area contributed by atoms with E-state index in [4.69, 9.17) is 0 Å². The molecule has 0 aliphatic carbocycles. The Morgan fingerprint density at radius 3 is 2.86 bits per heavy atom. The van der Waals surface area contributed by atoms with Gasteiger partial charge in [0, 0.05) is 22.8 Å². The fraction of sp³-hybridized carbons (Fsp3) is 0.312. The summed E-state index contributed by atoms with van der Waals surface area (Å²) in [7, 11) is 0. The zero-order valence-electron chi connectivity index (χ0n) is 12.5. The number of nitrogens with zero attached hydrogens (tertiary/aromatic N) is 2. The smallest absolute Gasteiger partial charge is 0.270 e. The van der Waals surface area contributed by atoms with Gasteiger partial charge in [0.05, 0.1) is 0 Å². The summed E-state index contributed by atoms with van der Waals surface area (Å²) in [5.74, 6) is 0.419. The molecule has 2 rings (SSSR count). The van der Waals surface area contributed by atoms with Crippen LogP contribution in [0.5, 0.6) is 0 Å². The molecule has 5 nitrogen and oxygen atoms in total. The van der Waals surface area contributed by atoms with Crippen molar-refractivity contribution < 1.29 is 4.79 Å².